The molecule has 0 bridgehead atoms. The van der Waals surface area contributed by atoms with Crippen LogP contribution in [0.3, 0.4) is 0 Å². The first-order valence-corrected chi connectivity index (χ1v) is 14.4. The van der Waals surface area contributed by atoms with Crippen LogP contribution in [0.1, 0.15) is 35.1 Å². The summed E-state index contributed by atoms with van der Waals surface area (Å²) in [4.78, 5) is 56.0. The molecule has 2 aliphatic heterocycles. The number of ether oxygens (including phenoxy) is 1. The number of hydrogen-bond donors (Lipinski definition) is 2. The molecule has 4 atom stereocenters. The molecule has 0 spiro atoms. The van der Waals surface area contributed by atoms with Gasteiger partial charge in [-0.3, -0.25) is 15.0 Å². The Balaban J connectivity index is 1.53. The maximum atomic E-state index is 15.0. The molecule has 1 saturated heterocycles. The van der Waals surface area contributed by atoms with Crippen molar-refractivity contribution in [3.63, 3.8) is 0 Å². The molecule has 2 N–H and O–H groups in total. The smallest absolute Gasteiger partial charge is 0.347 e. The molecule has 2 fully saturated rings. The Bertz CT molecular complexity index is 1970. The number of aromatic hydroxyl groups is 1. The van der Waals surface area contributed by atoms with E-state index in [0.717, 1.165) is 15.1 Å². The fourth-order valence-corrected chi connectivity index (χ4v) is 7.43. The average molecular weight is 594 g/mol. The molecular formula is C33H31N5O6. The van der Waals surface area contributed by atoms with Crippen molar-refractivity contribution in [3.05, 3.63) is 122 Å². The molecule has 7 rings (SSSR count). The van der Waals surface area contributed by atoms with Crippen LogP contribution in [0.2, 0.25) is 0 Å². The average Bonchev–Trinajstić information content (AvgIpc) is 3.39. The number of phenols is 1. The number of hydrazine groups is 1. The SMILES string of the molecule is COc1cccc(O)c1C1C2=CCn3c(=O)n(C)c(=O)n3C2CC2C(=O)N(Nc3ccc(C)cc3)C(=O)C21c1ccccc1. The number of methoxy groups -OCH3 is 1. The van der Waals surface area contributed by atoms with Crippen molar-refractivity contribution in [2.75, 3.05) is 12.5 Å². The second kappa shape index (κ2) is 9.87. The van der Waals surface area contributed by atoms with E-state index in [9.17, 15) is 19.5 Å². The minimum atomic E-state index is -1.52. The highest BCUT2D eigenvalue weighted by Gasteiger charge is 2.69. The molecule has 3 aromatic carbocycles. The number of nitrogens with zero attached hydrogens (tertiary/aromatic N) is 4. The van der Waals surface area contributed by atoms with Crippen molar-refractivity contribution in [2.24, 2.45) is 13.0 Å². The number of aromatic nitrogens is 3. The van der Waals surface area contributed by atoms with Gasteiger partial charge in [-0.1, -0.05) is 60.2 Å². The van der Waals surface area contributed by atoms with Gasteiger partial charge < -0.3 is 9.84 Å². The van der Waals surface area contributed by atoms with Crippen molar-refractivity contribution in [1.82, 2.24) is 18.9 Å². The monoisotopic (exact) mass is 593 g/mol. The molecule has 1 aromatic heterocycles. The van der Waals surface area contributed by atoms with E-state index >= 15 is 4.79 Å². The summed E-state index contributed by atoms with van der Waals surface area (Å²) in [6.07, 6.45) is 1.92. The van der Waals surface area contributed by atoms with Gasteiger partial charge in [0.2, 0.25) is 0 Å². The van der Waals surface area contributed by atoms with E-state index < -0.39 is 46.5 Å². The lowest BCUT2D eigenvalue weighted by atomic mass is 9.53. The second-order valence-corrected chi connectivity index (χ2v) is 11.6. The summed E-state index contributed by atoms with van der Waals surface area (Å²) >= 11 is 0. The van der Waals surface area contributed by atoms with Gasteiger partial charge in [0.25, 0.3) is 11.8 Å². The first-order valence-electron chi connectivity index (χ1n) is 14.4. The Labute approximate surface area is 252 Å². The minimum Gasteiger partial charge on any atom is -0.508 e. The zero-order chi connectivity index (χ0) is 30.9. The number of anilines is 1. The highest BCUT2D eigenvalue weighted by Crippen LogP contribution is 2.63. The topological polar surface area (TPSA) is 128 Å². The predicted octanol–water partition coefficient (Wildman–Crippen LogP) is 2.99. The lowest BCUT2D eigenvalue weighted by Gasteiger charge is -2.49. The van der Waals surface area contributed by atoms with Crippen LogP contribution < -0.4 is 21.5 Å². The van der Waals surface area contributed by atoms with Gasteiger partial charge >= 0.3 is 11.4 Å². The number of phenolic OH excluding ortho intramolecular Hbond substituents is 1. The summed E-state index contributed by atoms with van der Waals surface area (Å²) in [5, 5.41) is 12.5. The standard InChI is InChI=1S/C33H31N5O6/c1-19-12-14-21(15-13-19)34-37-29(40)23-18-24-22(16-17-36-31(42)35(2)32(43)38(24)36)28(27-25(39)10-7-11-26(27)44-3)33(23,30(37)41)20-8-5-4-6-9-20/h4-16,23-24,28,34,39H,17-18H2,1-3H3. The summed E-state index contributed by atoms with van der Waals surface area (Å²) in [6, 6.07) is 20.6. The Morgan fingerprint density at radius 3 is 2.36 bits per heavy atom. The zero-order valence-electron chi connectivity index (χ0n) is 24.4. The summed E-state index contributed by atoms with van der Waals surface area (Å²) in [7, 11) is 2.90. The maximum absolute atomic E-state index is 15.0. The van der Waals surface area contributed by atoms with E-state index in [1.807, 2.05) is 55.5 Å². The number of aryl methyl sites for hydroxylation is 1. The number of allylic oxidation sites excluding steroid dienone is 2. The lowest BCUT2D eigenvalue weighted by molar-refractivity contribution is -0.138. The third-order valence-electron chi connectivity index (χ3n) is 9.40. The van der Waals surface area contributed by atoms with Gasteiger partial charge in [-0.15, -0.1) is 0 Å². The normalized spacial score (nSPS) is 23.9. The molecule has 11 heteroatoms. The molecule has 224 valence electrons. The zero-order valence-corrected chi connectivity index (χ0v) is 24.4. The molecule has 1 aliphatic carbocycles. The third kappa shape index (κ3) is 3.61. The van der Waals surface area contributed by atoms with Gasteiger partial charge in [0.05, 0.1) is 36.7 Å². The third-order valence-corrected chi connectivity index (χ3v) is 9.40. The minimum absolute atomic E-state index is 0.0765. The number of carbonyl (C=O) groups excluding carboxylic acids is 2. The van der Waals surface area contributed by atoms with Crippen LogP contribution in [-0.2, 0) is 28.6 Å². The Morgan fingerprint density at radius 1 is 0.932 bits per heavy atom. The van der Waals surface area contributed by atoms with Crippen molar-refractivity contribution in [2.45, 2.75) is 37.3 Å². The quantitative estimate of drug-likeness (QED) is 0.269. The highest BCUT2D eigenvalue weighted by molar-refractivity contribution is 6.12. The van der Waals surface area contributed by atoms with E-state index in [1.165, 1.54) is 29.6 Å². The Morgan fingerprint density at radius 2 is 1.66 bits per heavy atom. The first kappa shape index (κ1) is 27.5. The number of amides is 2. The predicted molar refractivity (Wildman–Crippen MR) is 161 cm³/mol. The largest absolute Gasteiger partial charge is 0.508 e. The number of fused-ring (bicyclic) bond motifs is 4. The molecular weight excluding hydrogens is 562 g/mol. The molecule has 0 radical (unpaired) electrons. The van der Waals surface area contributed by atoms with Crippen molar-refractivity contribution in [1.29, 1.82) is 0 Å². The van der Waals surface area contributed by atoms with Gasteiger partial charge in [-0.25, -0.2) is 23.5 Å². The van der Waals surface area contributed by atoms with Gasteiger partial charge in [-0.05, 0) is 48.7 Å². The van der Waals surface area contributed by atoms with Crippen LogP contribution in [0.25, 0.3) is 0 Å². The Kier molecular flexibility index (Phi) is 6.17. The van der Waals surface area contributed by atoms with Crippen LogP contribution in [0.4, 0.5) is 5.69 Å². The lowest BCUT2D eigenvalue weighted by Crippen LogP contribution is -2.53. The Hall–Kier alpha value is -5.32. The number of nitrogens with one attached hydrogen (secondary N) is 1. The molecule has 3 heterocycles. The van der Waals surface area contributed by atoms with Crippen LogP contribution in [0.5, 0.6) is 11.5 Å². The molecule has 1 saturated carbocycles. The van der Waals surface area contributed by atoms with Gasteiger partial charge in [0.1, 0.15) is 11.5 Å². The van der Waals surface area contributed by atoms with E-state index in [0.29, 0.717) is 28.1 Å². The molecule has 11 nitrogen and oxygen atoms in total. The number of benzene rings is 3. The number of hydrogen-bond acceptors (Lipinski definition) is 7. The molecule has 4 unspecified atom stereocenters. The highest BCUT2D eigenvalue weighted by atomic mass is 16.5. The molecule has 2 amide bonds. The molecule has 4 aromatic rings. The van der Waals surface area contributed by atoms with Crippen LogP contribution >= 0.6 is 0 Å². The fourth-order valence-electron chi connectivity index (χ4n) is 7.43. The van der Waals surface area contributed by atoms with Gasteiger partial charge in [0.15, 0.2) is 0 Å². The van der Waals surface area contributed by atoms with Crippen molar-refractivity contribution < 1.29 is 19.4 Å². The number of imide groups is 1. The molecule has 44 heavy (non-hydrogen) atoms. The first-order chi connectivity index (χ1) is 21.2. The van der Waals surface area contributed by atoms with Crippen molar-refractivity contribution in [3.8, 4) is 11.5 Å². The van der Waals surface area contributed by atoms with E-state index in [1.54, 1.807) is 24.3 Å². The summed E-state index contributed by atoms with van der Waals surface area (Å²) in [6.45, 7) is 2.02. The summed E-state index contributed by atoms with van der Waals surface area (Å²) in [5.41, 5.74) is 3.68. The van der Waals surface area contributed by atoms with Crippen LogP contribution in [0, 0.1) is 12.8 Å². The number of carbonyl (C=O) groups is 2. The maximum Gasteiger partial charge on any atom is 0.347 e. The van der Waals surface area contributed by atoms with E-state index in [4.69, 9.17) is 4.74 Å². The van der Waals surface area contributed by atoms with Crippen LogP contribution in [0.15, 0.2) is 94.0 Å². The van der Waals surface area contributed by atoms with E-state index in [2.05, 4.69) is 5.43 Å². The summed E-state index contributed by atoms with van der Waals surface area (Å²) < 4.78 is 9.54. The second-order valence-electron chi connectivity index (χ2n) is 11.6. The van der Waals surface area contributed by atoms with E-state index in [-0.39, 0.29) is 18.7 Å². The van der Waals surface area contributed by atoms with Gasteiger partial charge in [-0.2, -0.15) is 5.01 Å². The number of rotatable bonds is 5. The molecule has 3 aliphatic rings. The van der Waals surface area contributed by atoms with Crippen LogP contribution in [-0.4, -0.2) is 43.0 Å². The van der Waals surface area contributed by atoms with Crippen molar-refractivity contribution >= 4 is 17.5 Å². The van der Waals surface area contributed by atoms with Gasteiger partial charge in [0, 0.05) is 18.5 Å². The fraction of sp³-hybridized carbons (Fsp3) is 0.273. The summed E-state index contributed by atoms with van der Waals surface area (Å²) in [5.74, 6) is -2.64.